The van der Waals surface area contributed by atoms with Gasteiger partial charge in [-0.05, 0) is 30.4 Å². The van der Waals surface area contributed by atoms with E-state index in [-0.39, 0.29) is 11.9 Å². The van der Waals surface area contributed by atoms with Crippen LogP contribution in [0.4, 0.5) is 0 Å². The number of hydrogen-bond donors (Lipinski definition) is 2. The van der Waals surface area contributed by atoms with Crippen LogP contribution in [0.1, 0.15) is 17.5 Å². The van der Waals surface area contributed by atoms with E-state index < -0.39 is 0 Å². The van der Waals surface area contributed by atoms with Crippen LogP contribution in [0.2, 0.25) is 0 Å². The molecular formula is C15H20N2OS. The van der Waals surface area contributed by atoms with Gasteiger partial charge in [0.2, 0.25) is 5.91 Å². The van der Waals surface area contributed by atoms with E-state index >= 15 is 0 Å². The molecule has 1 heterocycles. The average Bonchev–Trinajstić information content (AvgIpc) is 2.48. The third kappa shape index (κ3) is 3.12. The van der Waals surface area contributed by atoms with Crippen LogP contribution in [-0.2, 0) is 17.6 Å². The molecule has 3 nitrogen and oxygen atoms in total. The molecule has 4 heteroatoms. The minimum atomic E-state index is -0.00378. The summed E-state index contributed by atoms with van der Waals surface area (Å²) in [4.78, 5) is 12.2. The maximum absolute atomic E-state index is 12.2. The second-order valence-electron chi connectivity index (χ2n) is 5.30. The summed E-state index contributed by atoms with van der Waals surface area (Å²) in [5, 5.41) is 6.51. The Morgan fingerprint density at radius 1 is 1.32 bits per heavy atom. The maximum Gasteiger partial charge on any atom is 0.238 e. The predicted molar refractivity (Wildman–Crippen MR) is 79.5 cm³/mol. The highest BCUT2D eigenvalue weighted by Crippen LogP contribution is 2.21. The summed E-state index contributed by atoms with van der Waals surface area (Å²) in [5.41, 5.74) is 2.84. The van der Waals surface area contributed by atoms with Crippen molar-refractivity contribution in [2.24, 2.45) is 0 Å². The normalized spacial score (nSPS) is 26.5. The van der Waals surface area contributed by atoms with Crippen molar-refractivity contribution in [3.63, 3.8) is 0 Å². The Kier molecular flexibility index (Phi) is 4.09. The first-order valence-electron chi connectivity index (χ1n) is 7.01. The summed E-state index contributed by atoms with van der Waals surface area (Å²) in [6.45, 7) is 0.941. The number of thioether (sulfide) groups is 1. The molecule has 1 fully saturated rings. The minimum Gasteiger partial charge on any atom is -0.352 e. The molecule has 0 saturated carbocycles. The first kappa shape index (κ1) is 13.0. The Morgan fingerprint density at radius 2 is 2.16 bits per heavy atom. The lowest BCUT2D eigenvalue weighted by Crippen LogP contribution is -2.52. The number of aryl methyl sites for hydroxylation is 1. The summed E-state index contributed by atoms with van der Waals surface area (Å²) < 4.78 is 0. The van der Waals surface area contributed by atoms with Crippen molar-refractivity contribution in [2.45, 2.75) is 31.3 Å². The number of carbonyl (C=O) groups is 1. The molecule has 1 saturated heterocycles. The highest BCUT2D eigenvalue weighted by molar-refractivity contribution is 7.99. The van der Waals surface area contributed by atoms with E-state index in [1.54, 1.807) is 0 Å². The van der Waals surface area contributed by atoms with E-state index in [0.717, 1.165) is 37.3 Å². The molecule has 2 aliphatic rings. The number of fused-ring (bicyclic) bond motifs is 1. The Balaban J connectivity index is 1.58. The van der Waals surface area contributed by atoms with Crippen LogP contribution in [-0.4, -0.2) is 36.0 Å². The molecule has 0 bridgehead atoms. The van der Waals surface area contributed by atoms with Gasteiger partial charge in [-0.15, -0.1) is 0 Å². The van der Waals surface area contributed by atoms with Crippen LogP contribution < -0.4 is 10.6 Å². The summed E-state index contributed by atoms with van der Waals surface area (Å²) in [7, 11) is 0. The zero-order valence-electron chi connectivity index (χ0n) is 11.0. The Hall–Kier alpha value is -1.00. The van der Waals surface area contributed by atoms with Gasteiger partial charge >= 0.3 is 0 Å². The monoisotopic (exact) mass is 276 g/mol. The van der Waals surface area contributed by atoms with Crippen molar-refractivity contribution in [2.75, 3.05) is 18.1 Å². The van der Waals surface area contributed by atoms with Crippen LogP contribution >= 0.6 is 11.8 Å². The van der Waals surface area contributed by atoms with E-state index in [2.05, 4.69) is 34.9 Å². The Bertz CT molecular complexity index is 457. The number of rotatable bonds is 2. The van der Waals surface area contributed by atoms with Crippen LogP contribution in [0.3, 0.4) is 0 Å². The molecule has 1 aliphatic carbocycles. The largest absolute Gasteiger partial charge is 0.352 e. The van der Waals surface area contributed by atoms with Gasteiger partial charge in [-0.3, -0.25) is 4.79 Å². The molecule has 0 spiro atoms. The van der Waals surface area contributed by atoms with Crippen LogP contribution in [0.15, 0.2) is 24.3 Å². The van der Waals surface area contributed by atoms with Crippen molar-refractivity contribution < 1.29 is 4.79 Å². The fourth-order valence-electron chi connectivity index (χ4n) is 2.86. The summed E-state index contributed by atoms with van der Waals surface area (Å²) >= 11 is 1.86. The molecule has 3 rings (SSSR count). The third-order valence-electron chi connectivity index (χ3n) is 3.93. The van der Waals surface area contributed by atoms with Gasteiger partial charge in [0.15, 0.2) is 0 Å². The van der Waals surface area contributed by atoms with Gasteiger partial charge in [0, 0.05) is 24.1 Å². The lowest BCUT2D eigenvalue weighted by molar-refractivity contribution is -0.123. The SMILES string of the molecule is O=C(NC1CCc2ccccc2C1)C1CSCCN1. The zero-order valence-corrected chi connectivity index (χ0v) is 11.8. The Morgan fingerprint density at radius 3 is 2.95 bits per heavy atom. The molecule has 102 valence electrons. The molecule has 0 aromatic heterocycles. The predicted octanol–water partition coefficient (Wildman–Crippen LogP) is 1.37. The second-order valence-corrected chi connectivity index (χ2v) is 6.45. The molecule has 19 heavy (non-hydrogen) atoms. The molecule has 1 aromatic rings. The highest BCUT2D eigenvalue weighted by atomic mass is 32.2. The van der Waals surface area contributed by atoms with Crippen molar-refractivity contribution >= 4 is 17.7 Å². The quantitative estimate of drug-likeness (QED) is 0.857. The molecule has 2 unspecified atom stereocenters. The van der Waals surface area contributed by atoms with Crippen LogP contribution in [0, 0.1) is 0 Å². The van der Waals surface area contributed by atoms with Gasteiger partial charge < -0.3 is 10.6 Å². The fourth-order valence-corrected chi connectivity index (χ4v) is 3.79. The van der Waals surface area contributed by atoms with Crippen LogP contribution in [0.25, 0.3) is 0 Å². The van der Waals surface area contributed by atoms with E-state index in [1.807, 2.05) is 11.8 Å². The topological polar surface area (TPSA) is 41.1 Å². The molecular weight excluding hydrogens is 256 g/mol. The highest BCUT2D eigenvalue weighted by Gasteiger charge is 2.25. The van der Waals surface area contributed by atoms with Gasteiger partial charge in [-0.1, -0.05) is 24.3 Å². The van der Waals surface area contributed by atoms with Gasteiger partial charge in [-0.25, -0.2) is 0 Å². The number of benzene rings is 1. The zero-order chi connectivity index (χ0) is 13.1. The van der Waals surface area contributed by atoms with E-state index in [1.165, 1.54) is 11.1 Å². The third-order valence-corrected chi connectivity index (χ3v) is 4.99. The molecule has 2 atom stereocenters. The molecule has 1 aromatic carbocycles. The number of amides is 1. The standard InChI is InChI=1S/C15H20N2OS/c18-15(14-10-19-8-7-16-14)17-13-6-5-11-3-1-2-4-12(11)9-13/h1-4,13-14,16H,5-10H2,(H,17,18). The van der Waals surface area contributed by atoms with Crippen molar-refractivity contribution in [1.82, 2.24) is 10.6 Å². The fraction of sp³-hybridized carbons (Fsp3) is 0.533. The maximum atomic E-state index is 12.2. The van der Waals surface area contributed by atoms with Crippen molar-refractivity contribution in [1.29, 1.82) is 0 Å². The van der Waals surface area contributed by atoms with E-state index in [0.29, 0.717) is 6.04 Å². The average molecular weight is 276 g/mol. The molecule has 0 radical (unpaired) electrons. The van der Waals surface area contributed by atoms with Crippen molar-refractivity contribution in [3.8, 4) is 0 Å². The van der Waals surface area contributed by atoms with Gasteiger partial charge in [0.25, 0.3) is 0 Å². The lowest BCUT2D eigenvalue weighted by Gasteiger charge is -2.28. The minimum absolute atomic E-state index is 0.00378. The first-order chi connectivity index (χ1) is 9.33. The number of nitrogens with one attached hydrogen (secondary N) is 2. The smallest absolute Gasteiger partial charge is 0.238 e. The second kappa shape index (κ2) is 5.97. The van der Waals surface area contributed by atoms with E-state index in [9.17, 15) is 4.79 Å². The van der Waals surface area contributed by atoms with E-state index in [4.69, 9.17) is 0 Å². The molecule has 2 N–H and O–H groups in total. The molecule has 1 amide bonds. The Labute approximate surface area is 118 Å². The number of hydrogen-bond acceptors (Lipinski definition) is 3. The van der Waals surface area contributed by atoms with Gasteiger partial charge in [0.05, 0.1) is 6.04 Å². The van der Waals surface area contributed by atoms with Crippen LogP contribution in [0.5, 0.6) is 0 Å². The van der Waals surface area contributed by atoms with Gasteiger partial charge in [0.1, 0.15) is 0 Å². The van der Waals surface area contributed by atoms with Gasteiger partial charge in [-0.2, -0.15) is 11.8 Å². The summed E-state index contributed by atoms with van der Waals surface area (Å²) in [6.07, 6.45) is 3.11. The molecule has 1 aliphatic heterocycles. The first-order valence-corrected chi connectivity index (χ1v) is 8.16. The summed E-state index contributed by atoms with van der Waals surface area (Å²) in [6, 6.07) is 8.87. The number of carbonyl (C=O) groups excluding carboxylic acids is 1. The van der Waals surface area contributed by atoms with Crippen molar-refractivity contribution in [3.05, 3.63) is 35.4 Å². The lowest BCUT2D eigenvalue weighted by atomic mass is 9.88. The summed E-state index contributed by atoms with van der Waals surface area (Å²) in [5.74, 6) is 2.19.